The quantitative estimate of drug-likeness (QED) is 0.197. The van der Waals surface area contributed by atoms with Crippen LogP contribution in [0.2, 0.25) is 0 Å². The molecular formula is C32H14N2S6. The average molecular weight is 619 g/mol. The van der Waals surface area contributed by atoms with Gasteiger partial charge in [-0.15, -0.1) is 68.0 Å². The maximum absolute atomic E-state index is 9.16. The molecule has 8 rings (SSSR count). The molecule has 0 N–H and O–H groups in total. The summed E-state index contributed by atoms with van der Waals surface area (Å²) >= 11 is 10.4. The molecule has 2 nitrogen and oxygen atoms in total. The number of rotatable bonds is 4. The van der Waals surface area contributed by atoms with Crippen molar-refractivity contribution >= 4 is 97.6 Å². The van der Waals surface area contributed by atoms with Gasteiger partial charge in [-0.05, 0) is 71.8 Å². The molecule has 0 atom stereocenters. The smallest absolute Gasteiger partial charge is 0.110 e. The summed E-state index contributed by atoms with van der Waals surface area (Å²) in [6.07, 6.45) is 0. The van der Waals surface area contributed by atoms with E-state index in [9.17, 15) is 0 Å². The monoisotopic (exact) mass is 618 g/mol. The molecule has 0 aliphatic rings. The first-order valence-electron chi connectivity index (χ1n) is 12.3. The van der Waals surface area contributed by atoms with E-state index < -0.39 is 0 Å². The van der Waals surface area contributed by atoms with Gasteiger partial charge in [-0.3, -0.25) is 0 Å². The summed E-state index contributed by atoms with van der Waals surface area (Å²) in [5, 5.41) is 21.0. The highest BCUT2D eigenvalue weighted by molar-refractivity contribution is 7.36. The Morgan fingerprint density at radius 1 is 0.400 bits per heavy atom. The lowest BCUT2D eigenvalue weighted by Crippen LogP contribution is -1.71. The molecule has 8 aromatic rings. The maximum Gasteiger partial charge on any atom is 0.110 e. The number of thiophene rings is 6. The van der Waals surface area contributed by atoms with Crippen LogP contribution in [0.4, 0.5) is 0 Å². The van der Waals surface area contributed by atoms with Crippen LogP contribution in [-0.4, -0.2) is 0 Å². The van der Waals surface area contributed by atoms with Gasteiger partial charge >= 0.3 is 0 Å². The largest absolute Gasteiger partial charge is 0.192 e. The number of nitriles is 2. The van der Waals surface area contributed by atoms with Crippen LogP contribution in [0.25, 0.3) is 70.0 Å². The van der Waals surface area contributed by atoms with Crippen molar-refractivity contribution in [2.45, 2.75) is 0 Å². The zero-order valence-corrected chi connectivity index (χ0v) is 25.3. The molecule has 0 radical (unpaired) electrons. The minimum Gasteiger partial charge on any atom is -0.192 e. The van der Waals surface area contributed by atoms with Crippen LogP contribution in [0.3, 0.4) is 0 Å². The van der Waals surface area contributed by atoms with E-state index in [4.69, 9.17) is 10.5 Å². The van der Waals surface area contributed by atoms with Crippen molar-refractivity contribution in [1.29, 1.82) is 10.5 Å². The zero-order valence-electron chi connectivity index (χ0n) is 20.4. The predicted octanol–water partition coefficient (Wildman–Crippen LogP) is 11.9. The Hall–Kier alpha value is -3.60. The molecule has 188 valence electrons. The fourth-order valence-corrected chi connectivity index (χ4v) is 11.4. The van der Waals surface area contributed by atoms with Gasteiger partial charge in [0.15, 0.2) is 0 Å². The van der Waals surface area contributed by atoms with Gasteiger partial charge in [-0.2, -0.15) is 10.5 Å². The van der Waals surface area contributed by atoms with Gasteiger partial charge in [-0.1, -0.05) is 24.3 Å². The molecule has 0 fully saturated rings. The summed E-state index contributed by atoms with van der Waals surface area (Å²) < 4.78 is 5.36. The van der Waals surface area contributed by atoms with Crippen LogP contribution in [0, 0.1) is 22.7 Å². The highest BCUT2D eigenvalue weighted by Gasteiger charge is 2.16. The minimum atomic E-state index is 0.748. The van der Waals surface area contributed by atoms with E-state index in [1.165, 1.54) is 60.2 Å². The number of nitrogens with zero attached hydrogens (tertiary/aromatic N) is 2. The molecule has 0 saturated carbocycles. The first kappa shape index (κ1) is 24.2. The Bertz CT molecular complexity index is 2150. The molecule has 0 bridgehead atoms. The topological polar surface area (TPSA) is 47.6 Å². The molecule has 8 heteroatoms. The van der Waals surface area contributed by atoms with Crippen LogP contribution in [0.5, 0.6) is 0 Å². The van der Waals surface area contributed by atoms with E-state index >= 15 is 0 Å². The van der Waals surface area contributed by atoms with E-state index in [0.29, 0.717) is 0 Å². The number of benzene rings is 2. The van der Waals surface area contributed by atoms with Gasteiger partial charge in [0.25, 0.3) is 0 Å². The summed E-state index contributed by atoms with van der Waals surface area (Å²) in [5.74, 6) is 0. The maximum atomic E-state index is 9.16. The third-order valence-corrected chi connectivity index (χ3v) is 13.9. The summed E-state index contributed by atoms with van der Waals surface area (Å²) in [6.45, 7) is 0. The van der Waals surface area contributed by atoms with E-state index in [0.717, 1.165) is 19.5 Å². The van der Waals surface area contributed by atoms with E-state index in [1.807, 2.05) is 46.9 Å². The molecule has 40 heavy (non-hydrogen) atoms. The molecular weight excluding hydrogens is 605 g/mol. The van der Waals surface area contributed by atoms with Crippen molar-refractivity contribution in [3.63, 3.8) is 0 Å². The number of hydrogen-bond acceptors (Lipinski definition) is 8. The lowest BCUT2D eigenvalue weighted by Gasteiger charge is -1.99. The van der Waals surface area contributed by atoms with Crippen molar-refractivity contribution in [2.24, 2.45) is 0 Å². The summed E-state index contributed by atoms with van der Waals surface area (Å²) in [4.78, 5) is 8.69. The molecule has 0 unspecified atom stereocenters. The van der Waals surface area contributed by atoms with Gasteiger partial charge in [0.05, 0.1) is 9.40 Å². The SMILES string of the molecule is N#Cc1ccc(-c2ccc(-c3ccc4c(c3)sc3c5ccc(-c6ccc(-c7ccc(C#N)s7)s6)cc5sc43)s2)s1. The van der Waals surface area contributed by atoms with Crippen LogP contribution >= 0.6 is 68.0 Å². The molecule has 0 amide bonds. The molecule has 2 aromatic carbocycles. The van der Waals surface area contributed by atoms with Crippen molar-refractivity contribution in [1.82, 2.24) is 0 Å². The first-order valence-corrected chi connectivity index (χ1v) is 17.2. The van der Waals surface area contributed by atoms with E-state index in [2.05, 4.69) is 72.8 Å². The molecule has 6 aromatic heterocycles. The highest BCUT2D eigenvalue weighted by atomic mass is 32.1. The Kier molecular flexibility index (Phi) is 5.75. The van der Waals surface area contributed by atoms with Crippen molar-refractivity contribution < 1.29 is 0 Å². The second-order valence-corrected chi connectivity index (χ2v) is 15.6. The van der Waals surface area contributed by atoms with Crippen LogP contribution in [-0.2, 0) is 0 Å². The molecule has 6 heterocycles. The Labute approximate surface area is 253 Å². The van der Waals surface area contributed by atoms with E-state index in [1.54, 1.807) is 45.3 Å². The van der Waals surface area contributed by atoms with Crippen molar-refractivity contribution in [3.05, 3.63) is 94.7 Å². The standard InChI is InChI=1S/C32H14N2S6/c33-15-19-3-7-25(35-19)27-11-9-23(37-27)17-1-5-21-29(13-17)39-32-22-6-2-18(14-30(22)40-31(21)32)24-10-12-28(38-24)26-8-4-20(16-34)36-26/h1-14H. The lowest BCUT2D eigenvalue weighted by molar-refractivity contribution is 1.52. The lowest BCUT2D eigenvalue weighted by atomic mass is 10.1. The normalized spacial score (nSPS) is 11.4. The van der Waals surface area contributed by atoms with Gasteiger partial charge in [0.2, 0.25) is 0 Å². The second kappa shape index (κ2) is 9.50. The van der Waals surface area contributed by atoms with Gasteiger partial charge in [0.1, 0.15) is 21.9 Å². The molecule has 0 saturated heterocycles. The average Bonchev–Trinajstić information content (AvgIpc) is 3.81. The fourth-order valence-electron chi connectivity index (χ4n) is 4.87. The number of fused-ring (bicyclic) bond motifs is 5. The predicted molar refractivity (Wildman–Crippen MR) is 177 cm³/mol. The fraction of sp³-hybridized carbons (Fsp3) is 0. The van der Waals surface area contributed by atoms with Crippen molar-refractivity contribution in [2.75, 3.05) is 0 Å². The van der Waals surface area contributed by atoms with Gasteiger partial charge in [-0.25, -0.2) is 0 Å². The second-order valence-electron chi connectivity index (χ2n) is 9.16. The molecule has 0 aliphatic heterocycles. The van der Waals surface area contributed by atoms with Crippen LogP contribution in [0.1, 0.15) is 9.75 Å². The molecule has 0 spiro atoms. The van der Waals surface area contributed by atoms with Gasteiger partial charge in [0, 0.05) is 49.4 Å². The third kappa shape index (κ3) is 3.96. The zero-order chi connectivity index (χ0) is 26.8. The summed E-state index contributed by atoms with van der Waals surface area (Å²) in [7, 11) is 0. The Morgan fingerprint density at radius 2 is 0.800 bits per heavy atom. The Morgan fingerprint density at radius 3 is 1.23 bits per heavy atom. The Balaban J connectivity index is 1.13. The summed E-state index contributed by atoms with van der Waals surface area (Å²) in [5.41, 5.74) is 2.48. The molecule has 0 aliphatic carbocycles. The summed E-state index contributed by atoms with van der Waals surface area (Å²) in [6, 6.07) is 34.7. The minimum absolute atomic E-state index is 0.748. The van der Waals surface area contributed by atoms with Crippen LogP contribution in [0.15, 0.2) is 84.9 Å². The van der Waals surface area contributed by atoms with Crippen LogP contribution < -0.4 is 0 Å². The third-order valence-electron chi connectivity index (χ3n) is 6.78. The van der Waals surface area contributed by atoms with Crippen molar-refractivity contribution in [3.8, 4) is 52.5 Å². The van der Waals surface area contributed by atoms with E-state index in [-0.39, 0.29) is 0 Å². The van der Waals surface area contributed by atoms with Gasteiger partial charge < -0.3 is 0 Å². The first-order chi connectivity index (χ1) is 19.7. The highest BCUT2D eigenvalue weighted by Crippen LogP contribution is 2.47. The number of hydrogen-bond donors (Lipinski definition) is 0.